The molecule has 0 aliphatic rings. The second-order valence-electron chi connectivity index (χ2n) is 5.72. The summed E-state index contributed by atoms with van der Waals surface area (Å²) in [6, 6.07) is 7.76. The van der Waals surface area contributed by atoms with Gasteiger partial charge in [0, 0.05) is 12.0 Å². The molecule has 1 heterocycles. The summed E-state index contributed by atoms with van der Waals surface area (Å²) < 4.78 is 15.9. The van der Waals surface area contributed by atoms with E-state index in [2.05, 4.69) is 5.32 Å². The van der Waals surface area contributed by atoms with E-state index >= 15 is 0 Å². The summed E-state index contributed by atoms with van der Waals surface area (Å²) in [6.07, 6.45) is 0.711. The van der Waals surface area contributed by atoms with E-state index in [9.17, 15) is 14.4 Å². The number of aromatic carboxylic acids is 1. The zero-order chi connectivity index (χ0) is 19.8. The molecular formula is C19H21NO7. The Morgan fingerprint density at radius 2 is 1.93 bits per heavy atom. The lowest BCUT2D eigenvalue weighted by Gasteiger charge is -2.11. The van der Waals surface area contributed by atoms with Crippen LogP contribution in [0.25, 0.3) is 0 Å². The standard InChI is InChI=1S/C19H21NO7/c1-12(21)13-5-7-15(17(10-13)25-2)26-9-3-4-18(22)20-11-14-6-8-16(27-14)19(23)24/h5-8,10H,3-4,9,11H2,1-2H3,(H,20,22)(H,23,24). The number of carboxylic acids is 1. The van der Waals surface area contributed by atoms with Gasteiger partial charge in [0.2, 0.25) is 11.7 Å². The fourth-order valence-corrected chi connectivity index (χ4v) is 2.28. The van der Waals surface area contributed by atoms with Gasteiger partial charge in [-0.25, -0.2) is 4.79 Å². The minimum atomic E-state index is -1.16. The summed E-state index contributed by atoms with van der Waals surface area (Å²) in [5.41, 5.74) is 0.530. The van der Waals surface area contributed by atoms with Crippen LogP contribution in [-0.4, -0.2) is 36.5 Å². The van der Waals surface area contributed by atoms with Crippen molar-refractivity contribution in [2.45, 2.75) is 26.3 Å². The Morgan fingerprint density at radius 3 is 2.56 bits per heavy atom. The fourth-order valence-electron chi connectivity index (χ4n) is 2.28. The molecule has 8 nitrogen and oxygen atoms in total. The van der Waals surface area contributed by atoms with E-state index in [4.69, 9.17) is 19.0 Å². The van der Waals surface area contributed by atoms with Gasteiger partial charge in [0.05, 0.1) is 20.3 Å². The third-order valence-electron chi connectivity index (χ3n) is 3.71. The number of ether oxygens (including phenoxy) is 2. The van der Waals surface area contributed by atoms with Gasteiger partial charge < -0.3 is 24.3 Å². The fraction of sp³-hybridized carbons (Fsp3) is 0.316. The van der Waals surface area contributed by atoms with Crippen molar-refractivity contribution in [2.24, 2.45) is 0 Å². The Bertz CT molecular complexity index is 825. The van der Waals surface area contributed by atoms with Gasteiger partial charge in [-0.15, -0.1) is 0 Å². The lowest BCUT2D eigenvalue weighted by molar-refractivity contribution is -0.121. The first-order valence-electron chi connectivity index (χ1n) is 8.31. The number of ketones is 1. The van der Waals surface area contributed by atoms with Crippen molar-refractivity contribution in [1.29, 1.82) is 0 Å². The Hall–Kier alpha value is -3.29. The van der Waals surface area contributed by atoms with Crippen LogP contribution in [0, 0.1) is 0 Å². The van der Waals surface area contributed by atoms with Crippen LogP contribution in [-0.2, 0) is 11.3 Å². The number of amides is 1. The third kappa shape index (κ3) is 5.88. The molecule has 2 N–H and O–H groups in total. The average molecular weight is 375 g/mol. The first kappa shape index (κ1) is 20.0. The molecule has 8 heteroatoms. The van der Waals surface area contributed by atoms with Crippen LogP contribution in [0.15, 0.2) is 34.7 Å². The highest BCUT2D eigenvalue weighted by atomic mass is 16.5. The number of hydrogen-bond donors (Lipinski definition) is 2. The molecule has 1 aromatic heterocycles. The molecule has 144 valence electrons. The van der Waals surface area contributed by atoms with Gasteiger partial charge in [-0.2, -0.15) is 0 Å². The summed E-state index contributed by atoms with van der Waals surface area (Å²) >= 11 is 0. The van der Waals surface area contributed by atoms with Gasteiger partial charge in [0.1, 0.15) is 5.76 Å². The summed E-state index contributed by atoms with van der Waals surface area (Å²) in [7, 11) is 1.49. The summed E-state index contributed by atoms with van der Waals surface area (Å²) in [5.74, 6) is -0.269. The molecule has 0 saturated carbocycles. The topological polar surface area (TPSA) is 115 Å². The molecule has 0 aliphatic carbocycles. The van der Waals surface area contributed by atoms with Crippen LogP contribution in [0.5, 0.6) is 11.5 Å². The molecule has 1 aromatic carbocycles. The van der Waals surface area contributed by atoms with Crippen molar-refractivity contribution in [2.75, 3.05) is 13.7 Å². The molecule has 0 spiro atoms. The Morgan fingerprint density at radius 1 is 1.15 bits per heavy atom. The number of nitrogens with one attached hydrogen (secondary N) is 1. The largest absolute Gasteiger partial charge is 0.493 e. The Balaban J connectivity index is 1.73. The van der Waals surface area contributed by atoms with Crippen molar-refractivity contribution in [3.8, 4) is 11.5 Å². The molecule has 0 saturated heterocycles. The van der Waals surface area contributed by atoms with Gasteiger partial charge in [-0.3, -0.25) is 9.59 Å². The second kappa shape index (κ2) is 9.42. The number of hydrogen-bond acceptors (Lipinski definition) is 6. The lowest BCUT2D eigenvalue weighted by Crippen LogP contribution is -2.22. The maximum absolute atomic E-state index is 11.8. The number of carboxylic acid groups (broad SMARTS) is 1. The highest BCUT2D eigenvalue weighted by Gasteiger charge is 2.11. The normalized spacial score (nSPS) is 10.3. The highest BCUT2D eigenvalue weighted by molar-refractivity contribution is 5.94. The Kier molecular flexibility index (Phi) is 6.99. The molecule has 0 aliphatic heterocycles. The van der Waals surface area contributed by atoms with Crippen molar-refractivity contribution in [3.63, 3.8) is 0 Å². The lowest BCUT2D eigenvalue weighted by atomic mass is 10.1. The minimum Gasteiger partial charge on any atom is -0.493 e. The van der Waals surface area contributed by atoms with E-state index in [1.165, 1.54) is 26.2 Å². The van der Waals surface area contributed by atoms with Crippen molar-refractivity contribution in [3.05, 3.63) is 47.4 Å². The van der Waals surface area contributed by atoms with Gasteiger partial charge in [-0.1, -0.05) is 0 Å². The first-order chi connectivity index (χ1) is 12.9. The van der Waals surface area contributed by atoms with Crippen LogP contribution >= 0.6 is 0 Å². The zero-order valence-electron chi connectivity index (χ0n) is 15.1. The van der Waals surface area contributed by atoms with E-state index in [1.54, 1.807) is 18.2 Å². The maximum Gasteiger partial charge on any atom is 0.371 e. The number of benzene rings is 1. The van der Waals surface area contributed by atoms with E-state index in [0.717, 1.165) is 0 Å². The number of carbonyl (C=O) groups excluding carboxylic acids is 2. The first-order valence-corrected chi connectivity index (χ1v) is 8.31. The molecular weight excluding hydrogens is 354 g/mol. The van der Waals surface area contributed by atoms with Gasteiger partial charge in [0.25, 0.3) is 0 Å². The average Bonchev–Trinajstić information content (AvgIpc) is 3.12. The zero-order valence-corrected chi connectivity index (χ0v) is 15.1. The minimum absolute atomic E-state index is 0.0662. The van der Waals surface area contributed by atoms with Crippen molar-refractivity contribution >= 4 is 17.7 Å². The molecule has 0 fully saturated rings. The molecule has 2 aromatic rings. The van der Waals surface area contributed by atoms with E-state index in [-0.39, 0.29) is 30.4 Å². The van der Waals surface area contributed by atoms with E-state index in [0.29, 0.717) is 35.9 Å². The summed E-state index contributed by atoms with van der Waals surface area (Å²) in [6.45, 7) is 1.89. The molecule has 0 radical (unpaired) electrons. The molecule has 1 amide bonds. The van der Waals surface area contributed by atoms with Crippen LogP contribution in [0.1, 0.15) is 46.4 Å². The number of rotatable bonds is 10. The Labute approximate surface area is 156 Å². The smallest absolute Gasteiger partial charge is 0.371 e. The number of furan rings is 1. The van der Waals surface area contributed by atoms with E-state index < -0.39 is 5.97 Å². The van der Waals surface area contributed by atoms with Crippen LogP contribution < -0.4 is 14.8 Å². The molecule has 2 rings (SSSR count). The molecule has 0 bridgehead atoms. The third-order valence-corrected chi connectivity index (χ3v) is 3.71. The van der Waals surface area contributed by atoms with Gasteiger partial charge in [-0.05, 0) is 43.7 Å². The summed E-state index contributed by atoms with van der Waals surface area (Å²) in [5, 5.41) is 11.4. The second-order valence-corrected chi connectivity index (χ2v) is 5.72. The predicted octanol–water partition coefficient (Wildman–Crippen LogP) is 2.66. The van der Waals surface area contributed by atoms with Gasteiger partial charge >= 0.3 is 5.97 Å². The van der Waals surface area contributed by atoms with Crippen LogP contribution in [0.4, 0.5) is 0 Å². The van der Waals surface area contributed by atoms with Crippen LogP contribution in [0.2, 0.25) is 0 Å². The van der Waals surface area contributed by atoms with Crippen LogP contribution in [0.3, 0.4) is 0 Å². The summed E-state index contributed by atoms with van der Waals surface area (Å²) in [4.78, 5) is 33.9. The molecule has 0 atom stereocenters. The van der Waals surface area contributed by atoms with Gasteiger partial charge in [0.15, 0.2) is 17.3 Å². The van der Waals surface area contributed by atoms with E-state index in [1.807, 2.05) is 0 Å². The highest BCUT2D eigenvalue weighted by Crippen LogP contribution is 2.28. The molecule has 0 unspecified atom stereocenters. The maximum atomic E-state index is 11.8. The number of methoxy groups -OCH3 is 1. The number of Topliss-reactive ketones (excluding diaryl/α,β-unsaturated/α-hetero) is 1. The predicted molar refractivity (Wildman–Crippen MR) is 95.2 cm³/mol. The van der Waals surface area contributed by atoms with Crippen molar-refractivity contribution in [1.82, 2.24) is 5.32 Å². The molecule has 27 heavy (non-hydrogen) atoms. The number of carbonyl (C=O) groups is 3. The SMILES string of the molecule is COc1cc(C(C)=O)ccc1OCCCC(=O)NCc1ccc(C(=O)O)o1. The van der Waals surface area contributed by atoms with Crippen molar-refractivity contribution < 1.29 is 33.4 Å². The monoisotopic (exact) mass is 375 g/mol. The quantitative estimate of drug-likeness (QED) is 0.484.